The number of amides is 2. The topological polar surface area (TPSA) is 61.4 Å². The maximum atomic E-state index is 12.6. The standard InChI is InChI=1S/C20H29N3O2.ClH/c1-3-21-13-15-8-10-23(11-9-15)20(25)16-4-6-17(7-5-16)22-19(24)18-12-14(18)2;/h4-7,14-15,18,21H,3,8-13H2,1-2H3,(H,22,24);1H. The number of nitrogens with zero attached hydrogens (tertiary/aromatic N) is 1. The van der Waals surface area contributed by atoms with Crippen molar-refractivity contribution in [3.63, 3.8) is 0 Å². The number of carbonyl (C=O) groups is 2. The van der Waals surface area contributed by atoms with Crippen LogP contribution in [0.3, 0.4) is 0 Å². The number of likely N-dealkylation sites (tertiary alicyclic amines) is 1. The maximum Gasteiger partial charge on any atom is 0.253 e. The lowest BCUT2D eigenvalue weighted by Crippen LogP contribution is -2.40. The van der Waals surface area contributed by atoms with Gasteiger partial charge in [0.1, 0.15) is 0 Å². The average molecular weight is 380 g/mol. The fourth-order valence-electron chi connectivity index (χ4n) is 3.49. The van der Waals surface area contributed by atoms with Crippen molar-refractivity contribution in [1.82, 2.24) is 10.2 Å². The first-order valence-electron chi connectivity index (χ1n) is 9.49. The second-order valence-electron chi connectivity index (χ2n) is 7.43. The summed E-state index contributed by atoms with van der Waals surface area (Å²) in [4.78, 5) is 26.6. The largest absolute Gasteiger partial charge is 0.339 e. The third-order valence-corrected chi connectivity index (χ3v) is 5.43. The molecular formula is C20H30ClN3O2. The van der Waals surface area contributed by atoms with Gasteiger partial charge in [0, 0.05) is 30.3 Å². The van der Waals surface area contributed by atoms with E-state index in [9.17, 15) is 9.59 Å². The van der Waals surface area contributed by atoms with Crippen LogP contribution < -0.4 is 10.6 Å². The summed E-state index contributed by atoms with van der Waals surface area (Å²) in [6, 6.07) is 7.30. The summed E-state index contributed by atoms with van der Waals surface area (Å²) in [6.45, 7) is 7.91. The van der Waals surface area contributed by atoms with Crippen molar-refractivity contribution in [2.24, 2.45) is 17.8 Å². The predicted molar refractivity (Wildman–Crippen MR) is 107 cm³/mol. The van der Waals surface area contributed by atoms with E-state index in [2.05, 4.69) is 24.5 Å². The van der Waals surface area contributed by atoms with Crippen LogP contribution in [0, 0.1) is 17.8 Å². The number of nitrogens with one attached hydrogen (secondary N) is 2. The minimum Gasteiger partial charge on any atom is -0.339 e. The van der Waals surface area contributed by atoms with Crippen LogP contribution in [0.15, 0.2) is 24.3 Å². The van der Waals surface area contributed by atoms with Gasteiger partial charge in [-0.1, -0.05) is 13.8 Å². The molecule has 0 radical (unpaired) electrons. The highest BCUT2D eigenvalue weighted by molar-refractivity contribution is 5.97. The molecule has 1 aliphatic heterocycles. The number of anilines is 1. The molecule has 2 unspecified atom stereocenters. The SMILES string of the molecule is CCNCC1CCN(C(=O)c2ccc(NC(=O)C3CC3C)cc2)CC1.Cl. The summed E-state index contributed by atoms with van der Waals surface area (Å²) in [5.74, 6) is 1.51. The smallest absolute Gasteiger partial charge is 0.253 e. The van der Waals surface area contributed by atoms with Gasteiger partial charge in [0.2, 0.25) is 5.91 Å². The molecule has 0 spiro atoms. The van der Waals surface area contributed by atoms with Crippen molar-refractivity contribution < 1.29 is 9.59 Å². The summed E-state index contributed by atoms with van der Waals surface area (Å²) in [7, 11) is 0. The molecule has 1 heterocycles. The Morgan fingerprint density at radius 1 is 1.15 bits per heavy atom. The zero-order valence-electron chi connectivity index (χ0n) is 15.7. The third kappa shape index (κ3) is 5.21. The number of halogens is 1. The van der Waals surface area contributed by atoms with E-state index < -0.39 is 0 Å². The summed E-state index contributed by atoms with van der Waals surface area (Å²) < 4.78 is 0. The molecule has 1 aromatic rings. The highest BCUT2D eigenvalue weighted by Crippen LogP contribution is 2.38. The average Bonchev–Trinajstić information content (AvgIpc) is 3.37. The monoisotopic (exact) mass is 379 g/mol. The van der Waals surface area contributed by atoms with Gasteiger partial charge in [-0.15, -0.1) is 12.4 Å². The van der Waals surface area contributed by atoms with Gasteiger partial charge in [-0.2, -0.15) is 0 Å². The summed E-state index contributed by atoms with van der Waals surface area (Å²) in [5.41, 5.74) is 1.47. The molecule has 1 aliphatic carbocycles. The molecular weight excluding hydrogens is 350 g/mol. The van der Waals surface area contributed by atoms with Crippen molar-refractivity contribution in [3.05, 3.63) is 29.8 Å². The van der Waals surface area contributed by atoms with E-state index in [0.29, 0.717) is 17.4 Å². The van der Waals surface area contributed by atoms with Crippen LogP contribution in [0.1, 0.15) is 43.5 Å². The Bertz CT molecular complexity index is 612. The van der Waals surface area contributed by atoms with Crippen LogP contribution in [0.2, 0.25) is 0 Å². The van der Waals surface area contributed by atoms with Crippen LogP contribution >= 0.6 is 12.4 Å². The van der Waals surface area contributed by atoms with Gasteiger partial charge in [0.15, 0.2) is 0 Å². The van der Waals surface area contributed by atoms with E-state index in [0.717, 1.165) is 51.1 Å². The third-order valence-electron chi connectivity index (χ3n) is 5.43. The molecule has 5 nitrogen and oxygen atoms in total. The Morgan fingerprint density at radius 2 is 1.77 bits per heavy atom. The number of carbonyl (C=O) groups excluding carboxylic acids is 2. The maximum absolute atomic E-state index is 12.6. The normalized spacial score (nSPS) is 22.5. The van der Waals surface area contributed by atoms with Crippen LogP contribution in [-0.4, -0.2) is 42.9 Å². The quantitative estimate of drug-likeness (QED) is 0.798. The van der Waals surface area contributed by atoms with E-state index in [1.54, 1.807) is 0 Å². The minimum absolute atomic E-state index is 0. The first kappa shape index (κ1) is 20.7. The molecule has 3 rings (SSSR count). The van der Waals surface area contributed by atoms with Crippen molar-refractivity contribution in [2.45, 2.75) is 33.1 Å². The lowest BCUT2D eigenvalue weighted by molar-refractivity contribution is -0.117. The van der Waals surface area contributed by atoms with Crippen molar-refractivity contribution in [3.8, 4) is 0 Å². The fraction of sp³-hybridized carbons (Fsp3) is 0.600. The molecule has 26 heavy (non-hydrogen) atoms. The van der Waals surface area contributed by atoms with Crippen LogP contribution in [-0.2, 0) is 4.79 Å². The first-order chi connectivity index (χ1) is 12.1. The Hall–Kier alpha value is -1.59. The molecule has 144 valence electrons. The molecule has 6 heteroatoms. The molecule has 1 saturated heterocycles. The Balaban J connectivity index is 0.00000243. The van der Waals surface area contributed by atoms with Gasteiger partial charge in [0.05, 0.1) is 0 Å². The molecule has 2 aliphatic rings. The van der Waals surface area contributed by atoms with Gasteiger partial charge in [0.25, 0.3) is 5.91 Å². The highest BCUT2D eigenvalue weighted by atomic mass is 35.5. The Kier molecular flexibility index (Phi) is 7.47. The van der Waals surface area contributed by atoms with Crippen molar-refractivity contribution >= 4 is 29.9 Å². The Labute approximate surface area is 162 Å². The molecule has 0 aromatic heterocycles. The van der Waals surface area contributed by atoms with E-state index >= 15 is 0 Å². The van der Waals surface area contributed by atoms with Gasteiger partial charge in [-0.25, -0.2) is 0 Å². The lowest BCUT2D eigenvalue weighted by Gasteiger charge is -2.32. The van der Waals surface area contributed by atoms with Crippen molar-refractivity contribution in [2.75, 3.05) is 31.5 Å². The number of benzene rings is 1. The van der Waals surface area contributed by atoms with E-state index in [1.807, 2.05) is 29.2 Å². The Morgan fingerprint density at radius 3 is 2.31 bits per heavy atom. The number of rotatable bonds is 6. The van der Waals surface area contributed by atoms with Gasteiger partial charge < -0.3 is 15.5 Å². The second kappa shape index (κ2) is 9.38. The predicted octanol–water partition coefficient (Wildman–Crippen LogP) is 3.16. The molecule has 2 amide bonds. The zero-order chi connectivity index (χ0) is 17.8. The highest BCUT2D eigenvalue weighted by Gasteiger charge is 2.39. The molecule has 1 aromatic carbocycles. The fourth-order valence-corrected chi connectivity index (χ4v) is 3.49. The number of hydrogen-bond acceptors (Lipinski definition) is 3. The first-order valence-corrected chi connectivity index (χ1v) is 9.49. The van der Waals surface area contributed by atoms with Gasteiger partial charge in [-0.05, 0) is 68.5 Å². The zero-order valence-corrected chi connectivity index (χ0v) is 16.5. The summed E-state index contributed by atoms with van der Waals surface area (Å²) in [5, 5.41) is 6.33. The molecule has 2 atom stereocenters. The molecule has 2 N–H and O–H groups in total. The molecule has 1 saturated carbocycles. The lowest BCUT2D eigenvalue weighted by atomic mass is 9.96. The van der Waals surface area contributed by atoms with Gasteiger partial charge in [-0.3, -0.25) is 9.59 Å². The molecule has 2 fully saturated rings. The van der Waals surface area contributed by atoms with Crippen LogP contribution in [0.4, 0.5) is 5.69 Å². The summed E-state index contributed by atoms with van der Waals surface area (Å²) >= 11 is 0. The van der Waals surface area contributed by atoms with E-state index in [-0.39, 0.29) is 30.1 Å². The van der Waals surface area contributed by atoms with Gasteiger partial charge >= 0.3 is 0 Å². The van der Waals surface area contributed by atoms with Crippen molar-refractivity contribution in [1.29, 1.82) is 0 Å². The minimum atomic E-state index is 0. The second-order valence-corrected chi connectivity index (χ2v) is 7.43. The summed E-state index contributed by atoms with van der Waals surface area (Å²) in [6.07, 6.45) is 3.10. The van der Waals surface area contributed by atoms with E-state index in [4.69, 9.17) is 0 Å². The molecule has 0 bridgehead atoms. The van der Waals surface area contributed by atoms with Crippen LogP contribution in [0.25, 0.3) is 0 Å². The van der Waals surface area contributed by atoms with Crippen LogP contribution in [0.5, 0.6) is 0 Å². The number of piperidine rings is 1. The number of hydrogen-bond donors (Lipinski definition) is 2. The van der Waals surface area contributed by atoms with E-state index in [1.165, 1.54) is 0 Å².